The van der Waals surface area contributed by atoms with Crippen LogP contribution in [0.3, 0.4) is 0 Å². The lowest BCUT2D eigenvalue weighted by Crippen LogP contribution is -2.05. The van der Waals surface area contributed by atoms with Gasteiger partial charge in [-0.25, -0.2) is 9.97 Å². The largest absolute Gasteiger partial charge is 0.364 e. The van der Waals surface area contributed by atoms with Gasteiger partial charge in [0.15, 0.2) is 0 Å². The molecule has 2 heterocycles. The highest BCUT2D eigenvalue weighted by Crippen LogP contribution is 2.30. The average molecular weight is 171 g/mol. The second-order valence-corrected chi connectivity index (χ2v) is 3.25. The molecule has 0 saturated heterocycles. The molecule has 13 heavy (non-hydrogen) atoms. The predicted octanol–water partition coefficient (Wildman–Crippen LogP) is 1.57. The molecule has 1 N–H and O–H groups in total. The summed E-state index contributed by atoms with van der Waals surface area (Å²) in [7, 11) is 0. The molecular weight excluding hydrogens is 162 g/mol. The van der Waals surface area contributed by atoms with Crippen LogP contribution in [0.2, 0.25) is 0 Å². The van der Waals surface area contributed by atoms with Gasteiger partial charge >= 0.3 is 0 Å². The number of H-pyrrole nitrogens is 1. The Kier molecular flexibility index (Phi) is 1.27. The van der Waals surface area contributed by atoms with Crippen LogP contribution in [-0.2, 0) is 12.8 Å². The molecule has 0 spiro atoms. The Morgan fingerprint density at radius 1 is 1.23 bits per heavy atom. The van der Waals surface area contributed by atoms with Crippen molar-refractivity contribution >= 4 is 0 Å². The number of nitrogens with one attached hydrogen (secondary N) is 1. The van der Waals surface area contributed by atoms with Crippen LogP contribution in [0.5, 0.6) is 0 Å². The van der Waals surface area contributed by atoms with E-state index in [-0.39, 0.29) is 0 Å². The Bertz CT molecular complexity index is 445. The van der Waals surface area contributed by atoms with Gasteiger partial charge in [-0.05, 0) is 18.9 Å². The monoisotopic (exact) mass is 171 g/mol. The summed E-state index contributed by atoms with van der Waals surface area (Å²) in [5, 5.41) is 0. The van der Waals surface area contributed by atoms with Gasteiger partial charge in [-0.1, -0.05) is 0 Å². The van der Waals surface area contributed by atoms with E-state index in [1.165, 1.54) is 22.5 Å². The van der Waals surface area contributed by atoms with Crippen LogP contribution in [-0.4, -0.2) is 15.0 Å². The molecule has 0 aromatic carbocycles. The fraction of sp³-hybridized carbons (Fsp3) is 0.200. The van der Waals surface area contributed by atoms with E-state index < -0.39 is 0 Å². The zero-order valence-electron chi connectivity index (χ0n) is 7.12. The fourth-order valence-electron chi connectivity index (χ4n) is 1.89. The van der Waals surface area contributed by atoms with E-state index >= 15 is 0 Å². The third-order valence-electron chi connectivity index (χ3n) is 2.53. The summed E-state index contributed by atoms with van der Waals surface area (Å²) in [5.41, 5.74) is 4.93. The van der Waals surface area contributed by atoms with E-state index in [1.54, 1.807) is 6.33 Å². The summed E-state index contributed by atoms with van der Waals surface area (Å²) in [6.45, 7) is 0. The quantitative estimate of drug-likeness (QED) is 0.653. The molecule has 0 aliphatic heterocycles. The molecule has 0 bridgehead atoms. The van der Waals surface area contributed by atoms with Gasteiger partial charge in [0, 0.05) is 29.2 Å². The zero-order valence-corrected chi connectivity index (χ0v) is 7.12. The van der Waals surface area contributed by atoms with E-state index in [0.717, 1.165) is 12.8 Å². The number of aromatic amines is 1. The minimum Gasteiger partial charge on any atom is -0.364 e. The topological polar surface area (TPSA) is 41.6 Å². The summed E-state index contributed by atoms with van der Waals surface area (Å²) in [4.78, 5) is 11.6. The first kappa shape index (κ1) is 6.83. The second kappa shape index (κ2) is 2.42. The molecule has 0 atom stereocenters. The van der Waals surface area contributed by atoms with Crippen LogP contribution in [0.15, 0.2) is 24.8 Å². The Morgan fingerprint density at radius 2 is 2.23 bits per heavy atom. The molecule has 0 fully saturated rings. The maximum atomic E-state index is 4.27. The van der Waals surface area contributed by atoms with Crippen molar-refractivity contribution in [1.82, 2.24) is 15.0 Å². The molecule has 0 unspecified atom stereocenters. The lowest BCUT2D eigenvalue weighted by Gasteiger charge is -2.13. The Labute approximate surface area is 75.9 Å². The minimum absolute atomic E-state index is 1.02. The first-order chi connectivity index (χ1) is 6.45. The van der Waals surface area contributed by atoms with Gasteiger partial charge in [0.1, 0.15) is 6.33 Å². The molecule has 3 rings (SSSR count). The number of hydrogen-bond acceptors (Lipinski definition) is 2. The molecule has 2 aromatic rings. The van der Waals surface area contributed by atoms with Gasteiger partial charge in [0.05, 0.1) is 5.69 Å². The minimum atomic E-state index is 1.02. The van der Waals surface area contributed by atoms with Gasteiger partial charge in [0.2, 0.25) is 0 Å². The maximum absolute atomic E-state index is 4.27. The highest BCUT2D eigenvalue weighted by atomic mass is 14.8. The molecule has 64 valence electrons. The number of hydrogen-bond donors (Lipinski definition) is 1. The molecule has 0 amide bonds. The van der Waals surface area contributed by atoms with Crippen molar-refractivity contribution in [3.05, 3.63) is 36.2 Å². The summed E-state index contributed by atoms with van der Waals surface area (Å²) < 4.78 is 0. The first-order valence-electron chi connectivity index (χ1n) is 4.40. The van der Waals surface area contributed by atoms with Crippen molar-refractivity contribution in [2.45, 2.75) is 12.8 Å². The molecule has 0 radical (unpaired) electrons. The van der Waals surface area contributed by atoms with Gasteiger partial charge < -0.3 is 4.98 Å². The molecular formula is C10H9N3. The summed E-state index contributed by atoms with van der Waals surface area (Å²) in [6.07, 6.45) is 7.58. The standard InChI is InChI=1S/C10H9N3/c1-2-10-8(5-11-6-13-10)7-3-4-12-9(1)7/h3-6,12H,1-2H2. The van der Waals surface area contributed by atoms with Crippen LogP contribution in [0.4, 0.5) is 0 Å². The zero-order chi connectivity index (χ0) is 8.67. The van der Waals surface area contributed by atoms with E-state index in [2.05, 4.69) is 21.0 Å². The van der Waals surface area contributed by atoms with E-state index in [0.29, 0.717) is 0 Å². The van der Waals surface area contributed by atoms with Crippen molar-refractivity contribution in [3.8, 4) is 11.1 Å². The Balaban J connectivity index is 2.30. The van der Waals surface area contributed by atoms with Crippen molar-refractivity contribution in [1.29, 1.82) is 0 Å². The van der Waals surface area contributed by atoms with Crippen LogP contribution in [0, 0.1) is 0 Å². The van der Waals surface area contributed by atoms with Crippen molar-refractivity contribution in [2.75, 3.05) is 0 Å². The fourth-order valence-corrected chi connectivity index (χ4v) is 1.89. The SMILES string of the molecule is c1ncc2c(n1)CCc1[nH]ccc1-2. The number of aromatic nitrogens is 3. The number of rotatable bonds is 0. The van der Waals surface area contributed by atoms with Gasteiger partial charge in [-0.2, -0.15) is 0 Å². The van der Waals surface area contributed by atoms with Crippen molar-refractivity contribution in [2.24, 2.45) is 0 Å². The lowest BCUT2D eigenvalue weighted by atomic mass is 9.95. The second-order valence-electron chi connectivity index (χ2n) is 3.25. The Hall–Kier alpha value is -1.64. The molecule has 0 saturated carbocycles. The molecule has 1 aliphatic carbocycles. The molecule has 2 aromatic heterocycles. The van der Waals surface area contributed by atoms with Gasteiger partial charge in [-0.3, -0.25) is 0 Å². The smallest absolute Gasteiger partial charge is 0.115 e. The predicted molar refractivity (Wildman–Crippen MR) is 49.2 cm³/mol. The third-order valence-corrected chi connectivity index (χ3v) is 2.53. The van der Waals surface area contributed by atoms with Crippen molar-refractivity contribution in [3.63, 3.8) is 0 Å². The number of aryl methyl sites for hydroxylation is 2. The highest BCUT2D eigenvalue weighted by Gasteiger charge is 2.16. The van der Waals surface area contributed by atoms with Crippen LogP contribution in [0.1, 0.15) is 11.4 Å². The van der Waals surface area contributed by atoms with E-state index in [1.807, 2.05) is 12.4 Å². The third kappa shape index (κ3) is 0.900. The van der Waals surface area contributed by atoms with E-state index in [9.17, 15) is 0 Å². The summed E-state index contributed by atoms with van der Waals surface area (Å²) in [5.74, 6) is 0. The Morgan fingerprint density at radius 3 is 3.23 bits per heavy atom. The molecule has 3 nitrogen and oxygen atoms in total. The number of fused-ring (bicyclic) bond motifs is 3. The summed E-state index contributed by atoms with van der Waals surface area (Å²) in [6, 6.07) is 2.09. The first-order valence-corrected chi connectivity index (χ1v) is 4.40. The normalized spacial score (nSPS) is 13.5. The van der Waals surface area contributed by atoms with Gasteiger partial charge in [-0.15, -0.1) is 0 Å². The van der Waals surface area contributed by atoms with Crippen LogP contribution >= 0.6 is 0 Å². The average Bonchev–Trinajstić information content (AvgIpc) is 2.65. The highest BCUT2D eigenvalue weighted by molar-refractivity contribution is 5.69. The lowest BCUT2D eigenvalue weighted by molar-refractivity contribution is 0.862. The van der Waals surface area contributed by atoms with Crippen LogP contribution in [0.25, 0.3) is 11.1 Å². The number of nitrogens with zero attached hydrogens (tertiary/aromatic N) is 2. The molecule has 1 aliphatic rings. The van der Waals surface area contributed by atoms with Crippen molar-refractivity contribution < 1.29 is 0 Å². The molecule has 3 heteroatoms. The van der Waals surface area contributed by atoms with Crippen LogP contribution < -0.4 is 0 Å². The maximum Gasteiger partial charge on any atom is 0.115 e. The van der Waals surface area contributed by atoms with E-state index in [4.69, 9.17) is 0 Å². The van der Waals surface area contributed by atoms with Gasteiger partial charge in [0.25, 0.3) is 0 Å². The summed E-state index contributed by atoms with van der Waals surface area (Å²) >= 11 is 0.